The van der Waals surface area contributed by atoms with Crippen molar-refractivity contribution in [2.24, 2.45) is 11.7 Å². The number of rotatable bonds is 8. The molecule has 2 aromatic carbocycles. The molecule has 1 aromatic heterocycles. The lowest BCUT2D eigenvalue weighted by atomic mass is 9.80. The van der Waals surface area contributed by atoms with Crippen LogP contribution in [0, 0.1) is 22.4 Å². The van der Waals surface area contributed by atoms with Gasteiger partial charge in [0, 0.05) is 5.56 Å². The van der Waals surface area contributed by atoms with Crippen LogP contribution in [0.4, 0.5) is 0 Å². The molecule has 3 aromatic rings. The predicted octanol–water partition coefficient (Wildman–Crippen LogP) is 6.17. The van der Waals surface area contributed by atoms with E-state index in [1.807, 2.05) is 30.3 Å². The van der Waals surface area contributed by atoms with Crippen LogP contribution in [-0.2, 0) is 25.9 Å². The quantitative estimate of drug-likeness (QED) is 0.185. The Bertz CT molecular complexity index is 1190. The Morgan fingerprint density at radius 3 is 2.62 bits per heavy atom. The number of nitrogens with one attached hydrogen (secondary N) is 3. The second kappa shape index (κ2) is 11.7. The Balaban J connectivity index is 0.00000158. The summed E-state index contributed by atoms with van der Waals surface area (Å²) in [5.41, 5.74) is 23.1. The standard InChI is InChI=1S/C28H29N3O.H2N2/c1-3-21-10-12-25(31-27(21)4-2)18-32-26-13-11-22-9-8-20(16-24(22)17-26)14-19-6-5-7-23(15-19)28(29)30;1-2/h3-7,10-13,15,17,20H,1-2,8-9,14,16,18H2,(H3,29,30);1-2H. The van der Waals surface area contributed by atoms with E-state index in [-0.39, 0.29) is 5.84 Å². The van der Waals surface area contributed by atoms with Gasteiger partial charge in [-0.1, -0.05) is 49.6 Å². The second-order valence-electron chi connectivity index (χ2n) is 8.33. The number of hydrogen-bond acceptors (Lipinski definition) is 5. The number of amidine groups is 1. The first-order valence-electron chi connectivity index (χ1n) is 11.2. The number of nitrogens with zero attached hydrogens (tertiary/aromatic N) is 1. The zero-order valence-electron chi connectivity index (χ0n) is 19.3. The van der Waals surface area contributed by atoms with Crippen molar-refractivity contribution >= 4 is 18.0 Å². The van der Waals surface area contributed by atoms with Gasteiger partial charge in [-0.15, -0.1) is 0 Å². The first kappa shape index (κ1) is 24.6. The number of aryl methyl sites for hydroxylation is 1. The SMILES string of the molecule is C=Cc1ccc(COc2ccc3c(c2)CC(Cc2cccc(C(=N)N)c2)CC3)nc1C=C.N=N. The molecule has 34 heavy (non-hydrogen) atoms. The number of aromatic nitrogens is 1. The van der Waals surface area contributed by atoms with Gasteiger partial charge in [0.05, 0.1) is 11.4 Å². The zero-order valence-corrected chi connectivity index (χ0v) is 19.3. The average molecular weight is 454 g/mol. The van der Waals surface area contributed by atoms with Crippen LogP contribution in [-0.4, -0.2) is 10.8 Å². The van der Waals surface area contributed by atoms with Crippen molar-refractivity contribution in [3.63, 3.8) is 0 Å². The lowest BCUT2D eigenvalue weighted by Gasteiger charge is -2.25. The fourth-order valence-corrected chi connectivity index (χ4v) is 4.37. The van der Waals surface area contributed by atoms with Crippen molar-refractivity contribution in [2.75, 3.05) is 0 Å². The van der Waals surface area contributed by atoms with Crippen LogP contribution < -0.4 is 10.5 Å². The molecule has 1 aliphatic carbocycles. The monoisotopic (exact) mass is 453 g/mol. The van der Waals surface area contributed by atoms with Gasteiger partial charge >= 0.3 is 0 Å². The molecule has 1 aliphatic rings. The molecule has 0 bridgehead atoms. The van der Waals surface area contributed by atoms with Crippen LogP contribution in [0.25, 0.3) is 12.2 Å². The summed E-state index contributed by atoms with van der Waals surface area (Å²) in [6.45, 7) is 8.06. The summed E-state index contributed by atoms with van der Waals surface area (Å²) in [5, 5.41) is 7.67. The van der Waals surface area contributed by atoms with Gasteiger partial charge in [-0.3, -0.25) is 5.41 Å². The predicted molar refractivity (Wildman–Crippen MR) is 137 cm³/mol. The third-order valence-corrected chi connectivity index (χ3v) is 6.09. The largest absolute Gasteiger partial charge is 0.487 e. The topological polar surface area (TPSA) is 120 Å². The number of benzene rings is 2. The fraction of sp³-hybridized carbons (Fsp3) is 0.214. The molecule has 0 aliphatic heterocycles. The Hall–Kier alpha value is -4.06. The zero-order chi connectivity index (χ0) is 24.5. The van der Waals surface area contributed by atoms with Crippen LogP contribution in [0.3, 0.4) is 0 Å². The summed E-state index contributed by atoms with van der Waals surface area (Å²) in [4.78, 5) is 4.60. The third kappa shape index (κ3) is 6.04. The van der Waals surface area contributed by atoms with Gasteiger partial charge in [0.2, 0.25) is 0 Å². The molecular weight excluding hydrogens is 422 g/mol. The van der Waals surface area contributed by atoms with E-state index in [0.717, 1.165) is 47.5 Å². The third-order valence-electron chi connectivity index (χ3n) is 6.09. The lowest BCUT2D eigenvalue weighted by Crippen LogP contribution is -2.17. The van der Waals surface area contributed by atoms with Gasteiger partial charge in [-0.2, -0.15) is 0 Å². The Morgan fingerprint density at radius 2 is 1.88 bits per heavy atom. The molecule has 4 rings (SSSR count). The maximum absolute atomic E-state index is 7.67. The van der Waals surface area contributed by atoms with E-state index in [1.54, 1.807) is 12.2 Å². The number of fused-ring (bicyclic) bond motifs is 1. The highest BCUT2D eigenvalue weighted by Crippen LogP contribution is 2.31. The Morgan fingerprint density at radius 1 is 1.06 bits per heavy atom. The number of nitrogen functional groups attached to an aromatic ring is 1. The summed E-state index contributed by atoms with van der Waals surface area (Å²) >= 11 is 0. The highest BCUT2D eigenvalue weighted by atomic mass is 16.5. The van der Waals surface area contributed by atoms with Crippen molar-refractivity contribution in [1.82, 2.24) is 4.98 Å². The Kier molecular flexibility index (Phi) is 8.46. The highest BCUT2D eigenvalue weighted by Gasteiger charge is 2.20. The molecule has 6 nitrogen and oxygen atoms in total. The summed E-state index contributed by atoms with van der Waals surface area (Å²) < 4.78 is 6.07. The molecule has 5 N–H and O–H groups in total. The summed E-state index contributed by atoms with van der Waals surface area (Å²) in [5.74, 6) is 1.57. The van der Waals surface area contributed by atoms with Crippen LogP contribution in [0.1, 0.15) is 45.6 Å². The smallest absolute Gasteiger partial charge is 0.130 e. The molecule has 0 amide bonds. The van der Waals surface area contributed by atoms with Crippen LogP contribution in [0.15, 0.2) is 67.8 Å². The molecule has 1 atom stereocenters. The molecular formula is C28H31N5O. The summed E-state index contributed by atoms with van der Waals surface area (Å²) in [7, 11) is 0. The van der Waals surface area contributed by atoms with E-state index in [0.29, 0.717) is 12.5 Å². The fourth-order valence-electron chi connectivity index (χ4n) is 4.37. The number of pyridine rings is 1. The first-order chi connectivity index (χ1) is 16.6. The van der Waals surface area contributed by atoms with Crippen LogP contribution in [0.5, 0.6) is 5.75 Å². The molecule has 0 fully saturated rings. The molecule has 1 unspecified atom stereocenters. The van der Waals surface area contributed by atoms with E-state index in [4.69, 9.17) is 26.9 Å². The van der Waals surface area contributed by atoms with Gasteiger partial charge in [0.15, 0.2) is 0 Å². The van der Waals surface area contributed by atoms with Crippen molar-refractivity contribution in [2.45, 2.75) is 32.3 Å². The minimum atomic E-state index is 0.122. The molecule has 0 saturated heterocycles. The lowest BCUT2D eigenvalue weighted by molar-refractivity contribution is 0.300. The highest BCUT2D eigenvalue weighted by molar-refractivity contribution is 5.95. The molecule has 0 radical (unpaired) electrons. The van der Waals surface area contributed by atoms with Crippen molar-refractivity contribution in [1.29, 1.82) is 16.5 Å². The van der Waals surface area contributed by atoms with Gasteiger partial charge in [-0.25, -0.2) is 16.0 Å². The van der Waals surface area contributed by atoms with E-state index >= 15 is 0 Å². The van der Waals surface area contributed by atoms with E-state index in [1.165, 1.54) is 23.1 Å². The van der Waals surface area contributed by atoms with Gasteiger partial charge in [-0.05, 0) is 84.2 Å². The number of hydrogen-bond donors (Lipinski definition) is 4. The molecule has 1 heterocycles. The van der Waals surface area contributed by atoms with Gasteiger partial charge in [0.1, 0.15) is 18.2 Å². The maximum atomic E-state index is 7.67. The van der Waals surface area contributed by atoms with Crippen molar-refractivity contribution in [3.8, 4) is 5.75 Å². The molecule has 174 valence electrons. The molecule has 0 saturated carbocycles. The summed E-state index contributed by atoms with van der Waals surface area (Å²) in [6.07, 6.45) is 7.80. The van der Waals surface area contributed by atoms with Crippen molar-refractivity contribution < 1.29 is 4.74 Å². The molecule has 0 spiro atoms. The first-order valence-corrected chi connectivity index (χ1v) is 11.2. The number of nitrogens with two attached hydrogens (primary N) is 1. The van der Waals surface area contributed by atoms with E-state index in [9.17, 15) is 0 Å². The number of ether oxygens (including phenoxy) is 1. The van der Waals surface area contributed by atoms with Crippen LogP contribution >= 0.6 is 0 Å². The normalized spacial score (nSPS) is 14.2. The second-order valence-corrected chi connectivity index (χ2v) is 8.33. The van der Waals surface area contributed by atoms with Gasteiger partial charge in [0.25, 0.3) is 0 Å². The molecule has 6 heteroatoms. The van der Waals surface area contributed by atoms with E-state index in [2.05, 4.69) is 42.4 Å². The van der Waals surface area contributed by atoms with Crippen molar-refractivity contribution in [3.05, 3.63) is 107 Å². The van der Waals surface area contributed by atoms with E-state index < -0.39 is 0 Å². The Labute approximate surface area is 201 Å². The van der Waals surface area contributed by atoms with Crippen LogP contribution in [0.2, 0.25) is 0 Å². The summed E-state index contributed by atoms with van der Waals surface area (Å²) in [6, 6.07) is 18.4. The minimum Gasteiger partial charge on any atom is -0.487 e. The average Bonchev–Trinajstić information content (AvgIpc) is 2.88. The minimum absolute atomic E-state index is 0.122. The van der Waals surface area contributed by atoms with Gasteiger partial charge < -0.3 is 10.5 Å². The maximum Gasteiger partial charge on any atom is 0.130 e.